The molecular formula is C35H35F3N6O5S. The molecule has 2 heterocycles. The third-order valence-corrected chi connectivity index (χ3v) is 10.5. The summed E-state index contributed by atoms with van der Waals surface area (Å²) in [4.78, 5) is 33.3. The van der Waals surface area contributed by atoms with Gasteiger partial charge in [0.25, 0.3) is 5.91 Å². The van der Waals surface area contributed by atoms with Gasteiger partial charge in [-0.1, -0.05) is 12.1 Å². The summed E-state index contributed by atoms with van der Waals surface area (Å²) in [5.74, 6) is -3.05. The lowest BCUT2D eigenvalue weighted by Crippen LogP contribution is -2.49. The fraction of sp³-hybridized carbons (Fsp3) is 0.286. The zero-order valence-corrected chi connectivity index (χ0v) is 27.9. The number of nitrogens with two attached hydrogens (primary N) is 1. The summed E-state index contributed by atoms with van der Waals surface area (Å²) in [6.45, 7) is 3.60. The van der Waals surface area contributed by atoms with Crippen molar-refractivity contribution in [1.29, 1.82) is 0 Å². The molecule has 0 atom stereocenters. The van der Waals surface area contributed by atoms with Gasteiger partial charge in [0.2, 0.25) is 15.9 Å². The zero-order chi connectivity index (χ0) is 35.6. The van der Waals surface area contributed by atoms with Gasteiger partial charge >= 0.3 is 6.03 Å². The molecule has 4 N–H and O–H groups in total. The molecule has 1 saturated heterocycles. The van der Waals surface area contributed by atoms with Gasteiger partial charge in [0.15, 0.2) is 0 Å². The van der Waals surface area contributed by atoms with Crippen LogP contribution in [-0.4, -0.2) is 54.6 Å². The predicted octanol–water partition coefficient (Wildman–Crippen LogP) is 6.31. The molecule has 0 radical (unpaired) electrons. The average molecular weight is 709 g/mol. The number of rotatable bonds is 11. The standard InChI is InChI=1S/C35H35F3N6O5S/c1-21-22(5-12-33(40-21)49-27-8-6-24(7-9-27)42-50(47,48)28-10-11-28)20-43-15-13-25(14-16-43)44(26-4-2-3-23(36)17-26)35(46)41-32-18-29(34(39)45)30(37)19-31(32)38/h2-9,12,17-19,25,28,42H,10-11,13-16,20H2,1H3,(H2,39,45)(H,41,46). The molecular weight excluding hydrogens is 673 g/mol. The van der Waals surface area contributed by atoms with Gasteiger partial charge < -0.3 is 15.8 Å². The Kier molecular flexibility index (Phi) is 9.97. The molecule has 1 saturated carbocycles. The molecule has 1 aliphatic carbocycles. The third kappa shape index (κ3) is 8.17. The summed E-state index contributed by atoms with van der Waals surface area (Å²) in [6.07, 6.45) is 2.36. The Balaban J connectivity index is 1.09. The van der Waals surface area contributed by atoms with Crippen LogP contribution in [0.5, 0.6) is 11.6 Å². The number of halogens is 3. The van der Waals surface area contributed by atoms with Crippen molar-refractivity contribution in [3.8, 4) is 11.6 Å². The van der Waals surface area contributed by atoms with Crippen molar-refractivity contribution in [2.45, 2.75) is 50.4 Å². The molecule has 11 nitrogen and oxygen atoms in total. The number of carbonyl (C=O) groups excluding carboxylic acids is 2. The van der Waals surface area contributed by atoms with E-state index in [1.807, 2.05) is 13.0 Å². The molecule has 3 amide bonds. The Morgan fingerprint density at radius 2 is 1.68 bits per heavy atom. The van der Waals surface area contributed by atoms with Crippen molar-refractivity contribution >= 4 is 39.0 Å². The molecule has 1 aliphatic heterocycles. The first-order chi connectivity index (χ1) is 23.9. The molecule has 262 valence electrons. The molecule has 50 heavy (non-hydrogen) atoms. The minimum absolute atomic E-state index is 0.253. The van der Waals surface area contributed by atoms with Gasteiger partial charge in [0, 0.05) is 54.9 Å². The van der Waals surface area contributed by atoms with E-state index in [9.17, 15) is 31.2 Å². The van der Waals surface area contributed by atoms with Gasteiger partial charge in [-0.05, 0) is 86.7 Å². The Hall–Kier alpha value is -5.15. The van der Waals surface area contributed by atoms with Crippen LogP contribution in [0.25, 0.3) is 0 Å². The Morgan fingerprint density at radius 3 is 2.32 bits per heavy atom. The highest BCUT2D eigenvalue weighted by atomic mass is 32.2. The minimum atomic E-state index is -3.36. The first-order valence-electron chi connectivity index (χ1n) is 16.0. The SMILES string of the molecule is Cc1nc(Oc2ccc(NS(=O)(=O)C3CC3)cc2)ccc1CN1CCC(N(C(=O)Nc2cc(C(N)=O)c(F)cc2F)c2cccc(F)c2)CC1. The number of aryl methyl sites for hydroxylation is 1. The number of hydrogen-bond acceptors (Lipinski definition) is 7. The molecule has 0 unspecified atom stereocenters. The summed E-state index contributed by atoms with van der Waals surface area (Å²) in [7, 11) is -3.36. The molecule has 4 aromatic rings. The molecule has 2 fully saturated rings. The molecule has 2 aliphatic rings. The monoisotopic (exact) mass is 708 g/mol. The molecule has 0 bridgehead atoms. The van der Waals surface area contributed by atoms with Gasteiger partial charge in [-0.2, -0.15) is 0 Å². The molecule has 6 rings (SSSR count). The van der Waals surface area contributed by atoms with Crippen LogP contribution < -0.4 is 25.4 Å². The fourth-order valence-corrected chi connectivity index (χ4v) is 7.22. The highest BCUT2D eigenvalue weighted by Gasteiger charge is 2.35. The summed E-state index contributed by atoms with van der Waals surface area (Å²) in [5.41, 5.74) is 6.62. The van der Waals surface area contributed by atoms with Crippen LogP contribution >= 0.6 is 0 Å². The number of pyridine rings is 1. The first kappa shape index (κ1) is 34.7. The van der Waals surface area contributed by atoms with Crippen LogP contribution in [-0.2, 0) is 16.6 Å². The van der Waals surface area contributed by atoms with E-state index in [1.54, 1.807) is 36.4 Å². The van der Waals surface area contributed by atoms with Gasteiger partial charge in [0.1, 0.15) is 23.2 Å². The smallest absolute Gasteiger partial charge is 0.326 e. The Morgan fingerprint density at radius 1 is 0.960 bits per heavy atom. The number of carbonyl (C=O) groups is 2. The second-order valence-electron chi connectivity index (χ2n) is 12.3. The van der Waals surface area contributed by atoms with Gasteiger partial charge in [-0.25, -0.2) is 31.4 Å². The maximum Gasteiger partial charge on any atom is 0.326 e. The number of anilines is 3. The van der Waals surface area contributed by atoms with Crippen LogP contribution in [0.15, 0.2) is 72.8 Å². The third-order valence-electron chi connectivity index (χ3n) is 8.65. The van der Waals surface area contributed by atoms with Crippen LogP contribution in [0.2, 0.25) is 0 Å². The quantitative estimate of drug-likeness (QED) is 0.166. The van der Waals surface area contributed by atoms with Crippen molar-refractivity contribution in [2.24, 2.45) is 5.73 Å². The maximum absolute atomic E-state index is 14.6. The normalized spacial score (nSPS) is 15.4. The summed E-state index contributed by atoms with van der Waals surface area (Å²) in [5, 5.41) is 2.08. The zero-order valence-electron chi connectivity index (χ0n) is 27.0. The van der Waals surface area contributed by atoms with Crippen molar-refractivity contribution in [3.63, 3.8) is 0 Å². The second-order valence-corrected chi connectivity index (χ2v) is 14.3. The van der Waals surface area contributed by atoms with E-state index >= 15 is 0 Å². The number of nitrogens with zero attached hydrogens (tertiary/aromatic N) is 3. The highest BCUT2D eigenvalue weighted by Crippen LogP contribution is 2.31. The van der Waals surface area contributed by atoms with Crippen LogP contribution in [0, 0.1) is 24.4 Å². The molecule has 1 aromatic heterocycles. The van der Waals surface area contributed by atoms with Gasteiger partial charge in [0.05, 0.1) is 16.5 Å². The fourth-order valence-electron chi connectivity index (χ4n) is 5.83. The van der Waals surface area contributed by atoms with E-state index in [4.69, 9.17) is 10.5 Å². The van der Waals surface area contributed by atoms with Crippen molar-refractivity contribution in [3.05, 3.63) is 107 Å². The number of benzene rings is 3. The average Bonchev–Trinajstić information content (AvgIpc) is 3.92. The number of ether oxygens (including phenoxy) is 1. The van der Waals surface area contributed by atoms with Crippen LogP contribution in [0.1, 0.15) is 47.3 Å². The number of urea groups is 1. The van der Waals surface area contributed by atoms with Crippen molar-refractivity contribution in [2.75, 3.05) is 28.0 Å². The number of amides is 3. The first-order valence-corrected chi connectivity index (χ1v) is 17.5. The predicted molar refractivity (Wildman–Crippen MR) is 182 cm³/mol. The number of piperidine rings is 1. The van der Waals surface area contributed by atoms with Gasteiger partial charge in [-0.3, -0.25) is 19.3 Å². The highest BCUT2D eigenvalue weighted by molar-refractivity contribution is 7.93. The lowest BCUT2D eigenvalue weighted by molar-refractivity contribution is 0.0996. The van der Waals surface area contributed by atoms with E-state index in [1.165, 1.54) is 23.1 Å². The number of nitrogens with one attached hydrogen (secondary N) is 2. The Labute approximate surface area is 287 Å². The second kappa shape index (κ2) is 14.4. The summed E-state index contributed by atoms with van der Waals surface area (Å²) in [6, 6.07) is 15.9. The maximum atomic E-state index is 14.6. The van der Waals surface area contributed by atoms with Crippen molar-refractivity contribution < 1.29 is 35.9 Å². The number of aromatic nitrogens is 1. The summed E-state index contributed by atoms with van der Waals surface area (Å²) >= 11 is 0. The molecule has 15 heteroatoms. The summed E-state index contributed by atoms with van der Waals surface area (Å²) < 4.78 is 75.8. The van der Waals surface area contributed by atoms with E-state index in [0.717, 1.165) is 17.3 Å². The largest absolute Gasteiger partial charge is 0.439 e. The van der Waals surface area contributed by atoms with Crippen LogP contribution in [0.3, 0.4) is 0 Å². The minimum Gasteiger partial charge on any atom is -0.439 e. The number of primary amides is 1. The number of hydrogen-bond donors (Lipinski definition) is 3. The lowest BCUT2D eigenvalue weighted by Gasteiger charge is -2.38. The molecule has 0 spiro atoms. The van der Waals surface area contributed by atoms with Gasteiger partial charge in [-0.15, -0.1) is 0 Å². The molecule has 3 aromatic carbocycles. The Bertz CT molecular complexity index is 2020. The van der Waals surface area contributed by atoms with E-state index < -0.39 is 56.7 Å². The van der Waals surface area contributed by atoms with Crippen molar-refractivity contribution in [1.82, 2.24) is 9.88 Å². The topological polar surface area (TPSA) is 147 Å². The van der Waals surface area contributed by atoms with E-state index in [0.29, 0.717) is 68.7 Å². The lowest BCUT2D eigenvalue weighted by atomic mass is 10.0. The van der Waals surface area contributed by atoms with Crippen LogP contribution in [0.4, 0.5) is 35.0 Å². The number of sulfonamides is 1. The van der Waals surface area contributed by atoms with E-state index in [-0.39, 0.29) is 10.9 Å². The van der Waals surface area contributed by atoms with E-state index in [2.05, 4.69) is 19.9 Å². The number of likely N-dealkylation sites (tertiary alicyclic amines) is 1.